The van der Waals surface area contributed by atoms with Crippen molar-refractivity contribution in [3.05, 3.63) is 29.8 Å². The molecule has 3 rings (SSSR count). The van der Waals surface area contributed by atoms with Gasteiger partial charge in [-0.05, 0) is 30.9 Å². The van der Waals surface area contributed by atoms with E-state index in [0.717, 1.165) is 57.6 Å². The number of hydrogen-bond acceptors (Lipinski definition) is 4. The van der Waals surface area contributed by atoms with Gasteiger partial charge in [-0.3, -0.25) is 4.90 Å². The zero-order chi connectivity index (χ0) is 19.8. The lowest BCUT2D eigenvalue weighted by molar-refractivity contribution is 0.0195. The van der Waals surface area contributed by atoms with Crippen molar-refractivity contribution in [2.45, 2.75) is 39.2 Å². The van der Waals surface area contributed by atoms with Crippen LogP contribution in [0, 0.1) is 0 Å². The molecular weight excluding hydrogens is 479 g/mol. The van der Waals surface area contributed by atoms with Crippen LogP contribution in [0.5, 0.6) is 5.75 Å². The zero-order valence-electron chi connectivity index (χ0n) is 18.1. The highest BCUT2D eigenvalue weighted by Gasteiger charge is 2.30. The fourth-order valence-corrected chi connectivity index (χ4v) is 4.00. The molecule has 0 aromatic heterocycles. The maximum atomic E-state index is 6.03. The number of para-hydroxylation sites is 1. The minimum atomic E-state index is 0. The number of guanidine groups is 1. The third kappa shape index (κ3) is 7.00. The molecule has 1 aromatic carbocycles. The summed E-state index contributed by atoms with van der Waals surface area (Å²) in [7, 11) is 0. The van der Waals surface area contributed by atoms with E-state index >= 15 is 0 Å². The van der Waals surface area contributed by atoms with Gasteiger partial charge in [0.05, 0.1) is 19.8 Å². The number of nitrogens with one attached hydrogen (secondary N) is 1. The second-order valence-electron chi connectivity index (χ2n) is 7.81. The molecule has 1 unspecified atom stereocenters. The van der Waals surface area contributed by atoms with Gasteiger partial charge in [-0.2, -0.15) is 0 Å². The average molecular weight is 516 g/mol. The minimum absolute atomic E-state index is 0. The molecule has 0 bridgehead atoms. The van der Waals surface area contributed by atoms with Gasteiger partial charge in [0.15, 0.2) is 5.96 Å². The van der Waals surface area contributed by atoms with Crippen LogP contribution in [0.2, 0.25) is 0 Å². The second-order valence-corrected chi connectivity index (χ2v) is 7.81. The lowest BCUT2D eigenvalue weighted by Crippen LogP contribution is -2.46. The van der Waals surface area contributed by atoms with Crippen molar-refractivity contribution >= 4 is 29.9 Å². The number of morpholine rings is 1. The Hall–Kier alpha value is -1.06. The molecule has 1 N–H and O–H groups in total. The number of benzene rings is 1. The van der Waals surface area contributed by atoms with E-state index in [-0.39, 0.29) is 24.0 Å². The molecule has 0 amide bonds. The molecule has 6 nitrogen and oxygen atoms in total. The summed E-state index contributed by atoms with van der Waals surface area (Å²) >= 11 is 0. The monoisotopic (exact) mass is 516 g/mol. The number of nitrogens with zero attached hydrogens (tertiary/aromatic N) is 3. The highest BCUT2D eigenvalue weighted by Crippen LogP contribution is 2.25. The molecule has 2 aliphatic rings. The molecule has 0 spiro atoms. The summed E-state index contributed by atoms with van der Waals surface area (Å²) in [5.41, 5.74) is 1.26. The summed E-state index contributed by atoms with van der Waals surface area (Å²) in [5.74, 6) is 2.45. The number of halogens is 1. The highest BCUT2D eigenvalue weighted by molar-refractivity contribution is 14.0. The average Bonchev–Trinajstić information content (AvgIpc) is 3.21. The Morgan fingerprint density at radius 1 is 1.24 bits per heavy atom. The molecule has 2 aliphatic heterocycles. The summed E-state index contributed by atoms with van der Waals surface area (Å²) in [6, 6.07) is 8.91. The zero-order valence-corrected chi connectivity index (χ0v) is 20.4. The summed E-state index contributed by atoms with van der Waals surface area (Å²) < 4.78 is 11.5. The summed E-state index contributed by atoms with van der Waals surface area (Å²) in [5, 5.41) is 3.45. The summed E-state index contributed by atoms with van der Waals surface area (Å²) in [6.45, 7) is 14.6. The predicted molar refractivity (Wildman–Crippen MR) is 130 cm³/mol. The fraction of sp³-hybridized carbons (Fsp3) is 0.682. The van der Waals surface area contributed by atoms with Gasteiger partial charge in [0.25, 0.3) is 0 Å². The molecule has 1 aromatic rings. The van der Waals surface area contributed by atoms with E-state index in [1.165, 1.54) is 12.0 Å². The van der Waals surface area contributed by atoms with E-state index in [1.54, 1.807) is 0 Å². The van der Waals surface area contributed by atoms with Gasteiger partial charge in [0, 0.05) is 38.8 Å². The van der Waals surface area contributed by atoms with Crippen LogP contribution in [0.25, 0.3) is 0 Å². The molecule has 0 aliphatic carbocycles. The van der Waals surface area contributed by atoms with Crippen LogP contribution in [0.15, 0.2) is 29.3 Å². The standard InChI is InChI=1S/C22H36N4O2.HI/c1-4-23-22(26-11-9-19(17-26)25-12-15-27-16-13-25)24-10-14-28-21-8-6-5-7-20(21)18(2)3;/h5-8,18-19H,4,9-17H2,1-3H3,(H,23,24);1H. The molecule has 2 saturated heterocycles. The number of likely N-dealkylation sites (tertiary alicyclic amines) is 1. The van der Waals surface area contributed by atoms with Gasteiger partial charge in [-0.1, -0.05) is 32.0 Å². The van der Waals surface area contributed by atoms with Crippen molar-refractivity contribution in [1.29, 1.82) is 0 Å². The molecule has 164 valence electrons. The Kier molecular flexibility index (Phi) is 10.5. The number of rotatable bonds is 7. The third-order valence-electron chi connectivity index (χ3n) is 5.51. The first-order valence-electron chi connectivity index (χ1n) is 10.8. The van der Waals surface area contributed by atoms with Gasteiger partial charge in [0.1, 0.15) is 12.4 Å². The Balaban J connectivity index is 0.00000300. The van der Waals surface area contributed by atoms with Gasteiger partial charge < -0.3 is 19.7 Å². The second kappa shape index (κ2) is 12.6. The first kappa shape index (κ1) is 24.2. The molecule has 0 radical (unpaired) electrons. The number of ether oxygens (including phenoxy) is 2. The van der Waals surface area contributed by atoms with Crippen molar-refractivity contribution in [3.63, 3.8) is 0 Å². The first-order chi connectivity index (χ1) is 13.7. The Morgan fingerprint density at radius 2 is 2.00 bits per heavy atom. The van der Waals surface area contributed by atoms with Gasteiger partial charge in [-0.15, -0.1) is 24.0 Å². The SMILES string of the molecule is CCNC(=NCCOc1ccccc1C(C)C)N1CCC(N2CCOCC2)C1.I. The molecule has 0 saturated carbocycles. The predicted octanol–water partition coefficient (Wildman–Crippen LogP) is 3.18. The fourth-order valence-electron chi connectivity index (χ4n) is 4.00. The van der Waals surface area contributed by atoms with Crippen molar-refractivity contribution in [1.82, 2.24) is 15.1 Å². The van der Waals surface area contributed by atoms with Gasteiger partial charge >= 0.3 is 0 Å². The molecular formula is C22H37IN4O2. The van der Waals surface area contributed by atoms with Crippen LogP contribution in [0.4, 0.5) is 0 Å². The van der Waals surface area contributed by atoms with Crippen LogP contribution in [0.3, 0.4) is 0 Å². The van der Waals surface area contributed by atoms with Crippen molar-refractivity contribution in [2.75, 3.05) is 59.1 Å². The van der Waals surface area contributed by atoms with Crippen LogP contribution in [-0.2, 0) is 4.74 Å². The van der Waals surface area contributed by atoms with E-state index in [9.17, 15) is 0 Å². The van der Waals surface area contributed by atoms with E-state index in [1.807, 2.05) is 6.07 Å². The lowest BCUT2D eigenvalue weighted by Gasteiger charge is -2.32. The Bertz CT molecular complexity index is 635. The summed E-state index contributed by atoms with van der Waals surface area (Å²) in [6.07, 6.45) is 1.20. The van der Waals surface area contributed by atoms with Crippen LogP contribution < -0.4 is 10.1 Å². The smallest absolute Gasteiger partial charge is 0.194 e. The normalized spacial score (nSPS) is 20.6. The molecule has 1 atom stereocenters. The van der Waals surface area contributed by atoms with E-state index in [2.05, 4.69) is 54.1 Å². The third-order valence-corrected chi connectivity index (χ3v) is 5.51. The van der Waals surface area contributed by atoms with Crippen molar-refractivity contribution < 1.29 is 9.47 Å². The maximum absolute atomic E-state index is 6.03. The van der Waals surface area contributed by atoms with Crippen LogP contribution >= 0.6 is 24.0 Å². The van der Waals surface area contributed by atoms with Crippen molar-refractivity contribution in [3.8, 4) is 5.75 Å². The lowest BCUT2D eigenvalue weighted by atomic mass is 10.0. The van der Waals surface area contributed by atoms with E-state index < -0.39 is 0 Å². The van der Waals surface area contributed by atoms with Gasteiger partial charge in [-0.25, -0.2) is 4.99 Å². The van der Waals surface area contributed by atoms with Crippen LogP contribution in [-0.4, -0.2) is 80.9 Å². The molecule has 2 heterocycles. The molecule has 2 fully saturated rings. The molecule has 7 heteroatoms. The minimum Gasteiger partial charge on any atom is -0.491 e. The maximum Gasteiger partial charge on any atom is 0.194 e. The summed E-state index contributed by atoms with van der Waals surface area (Å²) in [4.78, 5) is 9.79. The van der Waals surface area contributed by atoms with E-state index in [4.69, 9.17) is 14.5 Å². The Labute approximate surface area is 193 Å². The van der Waals surface area contributed by atoms with Crippen molar-refractivity contribution in [2.24, 2.45) is 4.99 Å². The highest BCUT2D eigenvalue weighted by atomic mass is 127. The number of aliphatic imine (C=N–C) groups is 1. The van der Waals surface area contributed by atoms with Gasteiger partial charge in [0.2, 0.25) is 0 Å². The quantitative estimate of drug-likeness (QED) is 0.261. The topological polar surface area (TPSA) is 49.3 Å². The Morgan fingerprint density at radius 3 is 2.72 bits per heavy atom. The first-order valence-corrected chi connectivity index (χ1v) is 10.8. The van der Waals surface area contributed by atoms with Crippen LogP contribution in [0.1, 0.15) is 38.7 Å². The largest absolute Gasteiger partial charge is 0.491 e. The number of hydrogen-bond donors (Lipinski definition) is 1. The van der Waals surface area contributed by atoms with E-state index in [0.29, 0.717) is 25.1 Å². The molecule has 29 heavy (non-hydrogen) atoms.